The van der Waals surface area contributed by atoms with Crippen molar-refractivity contribution in [3.63, 3.8) is 0 Å². The van der Waals surface area contributed by atoms with Gasteiger partial charge in [-0.1, -0.05) is 13.8 Å². The number of carbonyl (C=O) groups excluding carboxylic acids is 1. The van der Waals surface area contributed by atoms with Gasteiger partial charge in [0, 0.05) is 13.1 Å². The van der Waals surface area contributed by atoms with Gasteiger partial charge in [0.1, 0.15) is 4.88 Å². The largest absolute Gasteiger partial charge is 0.335 e. The Labute approximate surface area is 123 Å². The number of nitrogens with zero attached hydrogens (tertiary/aromatic N) is 2. The molecule has 1 fully saturated rings. The Morgan fingerprint density at radius 2 is 2.10 bits per heavy atom. The Balaban J connectivity index is 2.29. The molecule has 0 radical (unpaired) electrons. The average molecular weight is 316 g/mol. The topological polar surface area (TPSA) is 67.3 Å². The third kappa shape index (κ3) is 2.37. The van der Waals surface area contributed by atoms with Gasteiger partial charge in [0.15, 0.2) is 9.84 Å². The molecule has 1 saturated heterocycles. The van der Waals surface area contributed by atoms with Crippen LogP contribution in [0.25, 0.3) is 0 Å². The van der Waals surface area contributed by atoms with Crippen LogP contribution in [0.1, 0.15) is 42.1 Å². The van der Waals surface area contributed by atoms with E-state index in [9.17, 15) is 13.2 Å². The van der Waals surface area contributed by atoms with Crippen molar-refractivity contribution in [2.45, 2.75) is 38.4 Å². The van der Waals surface area contributed by atoms with Gasteiger partial charge in [-0.3, -0.25) is 4.79 Å². The van der Waals surface area contributed by atoms with Crippen LogP contribution in [0, 0.1) is 6.92 Å². The summed E-state index contributed by atoms with van der Waals surface area (Å²) in [5.74, 6) is -0.0377. The molecule has 0 aromatic carbocycles. The Bertz CT molecular complexity index is 603. The van der Waals surface area contributed by atoms with E-state index < -0.39 is 14.6 Å². The molecule has 0 unspecified atom stereocenters. The highest BCUT2D eigenvalue weighted by Crippen LogP contribution is 2.32. The highest BCUT2D eigenvalue weighted by molar-refractivity contribution is 7.92. The molecule has 0 aliphatic carbocycles. The normalized spacial score (nSPS) is 20.9. The molecular weight excluding hydrogens is 296 g/mol. The number of carbonyl (C=O) groups is 1. The quantitative estimate of drug-likeness (QED) is 0.854. The first kappa shape index (κ1) is 15.4. The molecule has 1 aliphatic heterocycles. The van der Waals surface area contributed by atoms with Crippen LogP contribution in [0.2, 0.25) is 0 Å². The fraction of sp³-hybridized carbons (Fsp3) is 0.692. The lowest BCUT2D eigenvalue weighted by Gasteiger charge is -2.41. The van der Waals surface area contributed by atoms with Crippen molar-refractivity contribution in [3.05, 3.63) is 16.1 Å². The third-order valence-electron chi connectivity index (χ3n) is 4.28. The molecule has 2 rings (SSSR count). The Morgan fingerprint density at radius 1 is 1.45 bits per heavy atom. The molecule has 1 aromatic rings. The highest BCUT2D eigenvalue weighted by Gasteiger charge is 2.46. The highest BCUT2D eigenvalue weighted by atomic mass is 32.2. The zero-order chi connectivity index (χ0) is 15.0. The summed E-state index contributed by atoms with van der Waals surface area (Å²) in [5.41, 5.74) is 2.36. The molecule has 0 N–H and O–H groups in total. The van der Waals surface area contributed by atoms with Crippen LogP contribution in [0.5, 0.6) is 0 Å². The van der Waals surface area contributed by atoms with Gasteiger partial charge < -0.3 is 4.90 Å². The van der Waals surface area contributed by atoms with Crippen LogP contribution < -0.4 is 0 Å². The molecule has 2 heterocycles. The summed E-state index contributed by atoms with van der Waals surface area (Å²) in [5, 5.41) is 0. The van der Waals surface area contributed by atoms with Crippen LogP contribution in [-0.4, -0.2) is 47.8 Å². The maximum absolute atomic E-state index is 12.5. The van der Waals surface area contributed by atoms with E-state index in [0.717, 1.165) is 0 Å². The van der Waals surface area contributed by atoms with E-state index in [4.69, 9.17) is 0 Å². The fourth-order valence-corrected chi connectivity index (χ4v) is 5.61. The maximum Gasteiger partial charge on any atom is 0.265 e. The van der Waals surface area contributed by atoms with Gasteiger partial charge in [-0.05, 0) is 19.8 Å². The smallest absolute Gasteiger partial charge is 0.265 e. The summed E-state index contributed by atoms with van der Waals surface area (Å²) in [6.45, 7) is 6.13. The number of rotatable bonds is 3. The van der Waals surface area contributed by atoms with Crippen molar-refractivity contribution < 1.29 is 13.2 Å². The average Bonchev–Trinajstić information content (AvgIpc) is 2.84. The summed E-state index contributed by atoms with van der Waals surface area (Å²) in [4.78, 5) is 18.9. The molecular formula is C13H20N2O3S2. The number of thiazole rings is 1. The lowest BCUT2D eigenvalue weighted by atomic mass is 10.0. The first-order chi connectivity index (χ1) is 9.37. The molecule has 5 nitrogen and oxygen atoms in total. The van der Waals surface area contributed by atoms with Crippen molar-refractivity contribution in [3.8, 4) is 0 Å². The molecule has 1 amide bonds. The first-order valence-corrected chi connectivity index (χ1v) is 9.31. The Kier molecular flexibility index (Phi) is 4.20. The summed E-state index contributed by atoms with van der Waals surface area (Å²) in [6.07, 6.45) is 1.08. The molecule has 112 valence electrons. The summed E-state index contributed by atoms with van der Waals surface area (Å²) < 4.78 is 23.9. The maximum atomic E-state index is 12.5. The van der Waals surface area contributed by atoms with Crippen molar-refractivity contribution >= 4 is 27.1 Å². The van der Waals surface area contributed by atoms with Crippen LogP contribution in [0.3, 0.4) is 0 Å². The molecule has 0 saturated carbocycles. The van der Waals surface area contributed by atoms with E-state index in [1.54, 1.807) is 17.3 Å². The number of hydrogen-bond donors (Lipinski definition) is 0. The Hall–Kier alpha value is -0.950. The molecule has 7 heteroatoms. The number of aromatic nitrogens is 1. The van der Waals surface area contributed by atoms with Crippen molar-refractivity contribution in [1.82, 2.24) is 9.88 Å². The standard InChI is InChI=1S/C13H20N2O3S2/c1-4-13(5-2)8-15(6-7-20(13,17)18)12(16)11-10(3)14-9-19-11/h9H,4-8H2,1-3H3. The fourth-order valence-electron chi connectivity index (χ4n) is 2.71. The van der Waals surface area contributed by atoms with Crippen LogP contribution >= 0.6 is 11.3 Å². The van der Waals surface area contributed by atoms with Gasteiger partial charge in [0.2, 0.25) is 0 Å². The Morgan fingerprint density at radius 3 is 2.60 bits per heavy atom. The second-order valence-electron chi connectivity index (χ2n) is 5.20. The minimum absolute atomic E-state index is 0.0538. The van der Waals surface area contributed by atoms with Crippen LogP contribution in [0.15, 0.2) is 5.51 Å². The molecule has 0 spiro atoms. The van der Waals surface area contributed by atoms with E-state index in [1.807, 2.05) is 13.8 Å². The lowest BCUT2D eigenvalue weighted by molar-refractivity contribution is 0.0737. The van der Waals surface area contributed by atoms with E-state index in [1.165, 1.54) is 11.3 Å². The zero-order valence-electron chi connectivity index (χ0n) is 12.0. The van der Waals surface area contributed by atoms with E-state index in [0.29, 0.717) is 30.0 Å². The van der Waals surface area contributed by atoms with Crippen LogP contribution in [0.4, 0.5) is 0 Å². The predicted molar refractivity (Wildman–Crippen MR) is 79.9 cm³/mol. The molecule has 20 heavy (non-hydrogen) atoms. The zero-order valence-corrected chi connectivity index (χ0v) is 13.7. The van der Waals surface area contributed by atoms with Gasteiger partial charge in [-0.15, -0.1) is 11.3 Å². The number of aryl methyl sites for hydroxylation is 1. The van der Waals surface area contributed by atoms with Gasteiger partial charge in [0.25, 0.3) is 5.91 Å². The number of hydrogen-bond acceptors (Lipinski definition) is 5. The van der Waals surface area contributed by atoms with Crippen LogP contribution in [-0.2, 0) is 9.84 Å². The van der Waals surface area contributed by atoms with Gasteiger partial charge in [-0.2, -0.15) is 0 Å². The number of sulfone groups is 1. The van der Waals surface area contributed by atoms with Gasteiger partial charge in [0.05, 0.1) is 21.7 Å². The molecule has 1 aromatic heterocycles. The second kappa shape index (κ2) is 5.44. The molecule has 1 aliphatic rings. The molecule has 0 bridgehead atoms. The molecule has 0 atom stereocenters. The van der Waals surface area contributed by atoms with Crippen molar-refractivity contribution in [1.29, 1.82) is 0 Å². The second-order valence-corrected chi connectivity index (χ2v) is 8.56. The SMILES string of the molecule is CCC1(CC)CN(C(=O)c2scnc2C)CCS1(=O)=O. The van der Waals surface area contributed by atoms with E-state index in [2.05, 4.69) is 4.98 Å². The lowest BCUT2D eigenvalue weighted by Crippen LogP contribution is -2.57. The monoisotopic (exact) mass is 316 g/mol. The van der Waals surface area contributed by atoms with Gasteiger partial charge in [-0.25, -0.2) is 13.4 Å². The third-order valence-corrected chi connectivity index (χ3v) is 7.95. The van der Waals surface area contributed by atoms with Crippen molar-refractivity contribution in [2.75, 3.05) is 18.8 Å². The van der Waals surface area contributed by atoms with Gasteiger partial charge >= 0.3 is 0 Å². The minimum Gasteiger partial charge on any atom is -0.335 e. The summed E-state index contributed by atoms with van der Waals surface area (Å²) in [7, 11) is -3.14. The minimum atomic E-state index is -3.14. The first-order valence-electron chi connectivity index (χ1n) is 6.78. The van der Waals surface area contributed by atoms with Crippen molar-refractivity contribution in [2.24, 2.45) is 0 Å². The van der Waals surface area contributed by atoms with E-state index in [-0.39, 0.29) is 18.2 Å². The number of amides is 1. The van der Waals surface area contributed by atoms with E-state index >= 15 is 0 Å². The summed E-state index contributed by atoms with van der Waals surface area (Å²) in [6, 6.07) is 0. The summed E-state index contributed by atoms with van der Waals surface area (Å²) >= 11 is 1.31. The predicted octanol–water partition coefficient (Wildman–Crippen LogP) is 1.88.